The summed E-state index contributed by atoms with van der Waals surface area (Å²) in [5.41, 5.74) is 0.816. The number of hydrogen-bond acceptors (Lipinski definition) is 4. The van der Waals surface area contributed by atoms with Gasteiger partial charge in [0.15, 0.2) is 0 Å². The van der Waals surface area contributed by atoms with Crippen LogP contribution in [0, 0.1) is 16.0 Å². The maximum atomic E-state index is 10.6. The van der Waals surface area contributed by atoms with Gasteiger partial charge < -0.3 is 5.11 Å². The van der Waals surface area contributed by atoms with Crippen LogP contribution in [-0.2, 0) is 5.75 Å². The molecule has 0 aliphatic carbocycles. The van der Waals surface area contributed by atoms with Crippen LogP contribution in [0.1, 0.15) is 12.5 Å². The lowest BCUT2D eigenvalue weighted by atomic mass is 10.2. The molecule has 17 heavy (non-hydrogen) atoms. The third-order valence-corrected chi connectivity index (χ3v) is 3.90. The van der Waals surface area contributed by atoms with E-state index < -0.39 is 4.92 Å². The van der Waals surface area contributed by atoms with Crippen molar-refractivity contribution in [3.63, 3.8) is 0 Å². The summed E-state index contributed by atoms with van der Waals surface area (Å²) in [6.07, 6.45) is 0. The monoisotopic (exact) mass is 275 g/mol. The highest BCUT2D eigenvalue weighted by molar-refractivity contribution is 7.98. The van der Waals surface area contributed by atoms with E-state index in [4.69, 9.17) is 16.7 Å². The molecule has 0 heterocycles. The van der Waals surface area contributed by atoms with Crippen LogP contribution in [0.3, 0.4) is 0 Å². The van der Waals surface area contributed by atoms with Crippen molar-refractivity contribution in [1.82, 2.24) is 0 Å². The number of hydrogen-bond donors (Lipinski definition) is 1. The van der Waals surface area contributed by atoms with Gasteiger partial charge in [-0.3, -0.25) is 10.1 Å². The first-order chi connectivity index (χ1) is 8.04. The topological polar surface area (TPSA) is 63.4 Å². The Kier molecular flexibility index (Phi) is 5.74. The van der Waals surface area contributed by atoms with Crippen molar-refractivity contribution >= 4 is 29.1 Å². The Bertz CT molecular complexity index is 400. The van der Waals surface area contributed by atoms with E-state index in [1.165, 1.54) is 12.1 Å². The molecule has 0 fully saturated rings. The molecule has 0 spiro atoms. The molecule has 1 unspecified atom stereocenters. The van der Waals surface area contributed by atoms with E-state index in [0.29, 0.717) is 10.8 Å². The lowest BCUT2D eigenvalue weighted by molar-refractivity contribution is -0.384. The van der Waals surface area contributed by atoms with E-state index in [0.717, 1.165) is 11.3 Å². The van der Waals surface area contributed by atoms with Crippen molar-refractivity contribution in [1.29, 1.82) is 0 Å². The summed E-state index contributed by atoms with van der Waals surface area (Å²) in [6.45, 7) is 2.09. The van der Waals surface area contributed by atoms with Crippen LogP contribution < -0.4 is 0 Å². The normalized spacial score (nSPS) is 12.4. The average Bonchev–Trinajstić information content (AvgIpc) is 2.30. The molecule has 0 aliphatic rings. The molecule has 0 amide bonds. The van der Waals surface area contributed by atoms with Crippen LogP contribution in [0.5, 0.6) is 0 Å². The third kappa shape index (κ3) is 4.53. The number of thioether (sulfide) groups is 1. The number of nitro benzene ring substituents is 1. The summed E-state index contributed by atoms with van der Waals surface area (Å²) in [4.78, 5) is 10.2. The van der Waals surface area contributed by atoms with Gasteiger partial charge in [0.05, 0.1) is 4.92 Å². The molecule has 1 N–H and O–H groups in total. The van der Waals surface area contributed by atoms with Gasteiger partial charge in [-0.15, -0.1) is 0 Å². The fourth-order valence-corrected chi connectivity index (χ4v) is 2.56. The number of nitro groups is 1. The van der Waals surface area contributed by atoms with Gasteiger partial charge in [-0.25, -0.2) is 0 Å². The van der Waals surface area contributed by atoms with E-state index >= 15 is 0 Å². The predicted molar refractivity (Wildman–Crippen MR) is 70.5 cm³/mol. The van der Waals surface area contributed by atoms with Gasteiger partial charge in [-0.05, 0) is 23.3 Å². The maximum Gasteiger partial charge on any atom is 0.269 e. The molecular weight excluding hydrogens is 262 g/mol. The van der Waals surface area contributed by atoms with Crippen molar-refractivity contribution in [2.24, 2.45) is 5.92 Å². The fraction of sp³-hybridized carbons (Fsp3) is 0.455. The molecule has 4 nitrogen and oxygen atoms in total. The molecule has 1 aromatic rings. The molecule has 0 saturated carbocycles. The lowest BCUT2D eigenvalue weighted by Gasteiger charge is -2.08. The van der Waals surface area contributed by atoms with Gasteiger partial charge in [-0.1, -0.05) is 18.5 Å². The third-order valence-electron chi connectivity index (χ3n) is 2.21. The number of aliphatic hydroxyl groups excluding tert-OH is 1. The second-order valence-electron chi connectivity index (χ2n) is 3.84. The van der Waals surface area contributed by atoms with Crippen molar-refractivity contribution < 1.29 is 10.0 Å². The first-order valence-corrected chi connectivity index (χ1v) is 6.69. The van der Waals surface area contributed by atoms with Gasteiger partial charge in [0, 0.05) is 29.5 Å². The minimum Gasteiger partial charge on any atom is -0.396 e. The van der Waals surface area contributed by atoms with Crippen molar-refractivity contribution in [2.45, 2.75) is 12.7 Å². The van der Waals surface area contributed by atoms with Gasteiger partial charge in [0.2, 0.25) is 0 Å². The summed E-state index contributed by atoms with van der Waals surface area (Å²) in [6, 6.07) is 4.44. The van der Waals surface area contributed by atoms with E-state index in [1.807, 2.05) is 6.92 Å². The van der Waals surface area contributed by atoms with E-state index in [1.54, 1.807) is 17.8 Å². The predicted octanol–water partition coefficient (Wildman–Crippen LogP) is 3.11. The first kappa shape index (κ1) is 14.3. The maximum absolute atomic E-state index is 10.6. The molecule has 0 bridgehead atoms. The summed E-state index contributed by atoms with van der Waals surface area (Å²) < 4.78 is 0. The Morgan fingerprint density at radius 2 is 2.29 bits per heavy atom. The molecule has 1 aromatic carbocycles. The van der Waals surface area contributed by atoms with Gasteiger partial charge in [0.25, 0.3) is 5.69 Å². The Balaban J connectivity index is 2.63. The van der Waals surface area contributed by atoms with Gasteiger partial charge in [-0.2, -0.15) is 11.8 Å². The standard InChI is InChI=1S/C11H14ClNO3S/c1-8(5-14)6-17-7-9-4-10(13(15)16)2-3-11(9)12/h2-4,8,14H,5-7H2,1H3. The number of non-ortho nitro benzene ring substituents is 1. The van der Waals surface area contributed by atoms with Crippen molar-refractivity contribution in [3.8, 4) is 0 Å². The zero-order valence-electron chi connectivity index (χ0n) is 9.43. The highest BCUT2D eigenvalue weighted by atomic mass is 35.5. The van der Waals surface area contributed by atoms with Crippen LogP contribution in [0.4, 0.5) is 5.69 Å². The van der Waals surface area contributed by atoms with Crippen molar-refractivity contribution in [3.05, 3.63) is 38.9 Å². The minimum absolute atomic E-state index is 0.0557. The smallest absolute Gasteiger partial charge is 0.269 e. The molecular formula is C11H14ClNO3S. The highest BCUT2D eigenvalue weighted by Gasteiger charge is 2.10. The fourth-order valence-electron chi connectivity index (χ4n) is 1.21. The first-order valence-electron chi connectivity index (χ1n) is 5.16. The molecule has 0 radical (unpaired) electrons. The summed E-state index contributed by atoms with van der Waals surface area (Å²) in [5.74, 6) is 1.64. The number of benzene rings is 1. The highest BCUT2D eigenvalue weighted by Crippen LogP contribution is 2.26. The molecule has 0 aromatic heterocycles. The average molecular weight is 276 g/mol. The Morgan fingerprint density at radius 1 is 1.59 bits per heavy atom. The minimum atomic E-state index is -0.430. The largest absolute Gasteiger partial charge is 0.396 e. The van der Waals surface area contributed by atoms with Gasteiger partial charge in [0.1, 0.15) is 0 Å². The number of nitrogens with zero attached hydrogens (tertiary/aromatic N) is 1. The molecule has 94 valence electrons. The van der Waals surface area contributed by atoms with E-state index in [9.17, 15) is 10.1 Å². The molecule has 6 heteroatoms. The molecule has 0 saturated heterocycles. The van der Waals surface area contributed by atoms with Crippen LogP contribution >= 0.6 is 23.4 Å². The quantitative estimate of drug-likeness (QED) is 0.640. The Hall–Kier alpha value is -0.780. The van der Waals surface area contributed by atoms with E-state index in [-0.39, 0.29) is 18.2 Å². The number of aliphatic hydroxyl groups is 1. The van der Waals surface area contributed by atoms with Crippen LogP contribution in [-0.4, -0.2) is 22.4 Å². The molecule has 1 rings (SSSR count). The zero-order chi connectivity index (χ0) is 12.8. The summed E-state index contributed by atoms with van der Waals surface area (Å²) in [7, 11) is 0. The lowest BCUT2D eigenvalue weighted by Crippen LogP contribution is -2.03. The van der Waals surface area contributed by atoms with Crippen LogP contribution in [0.15, 0.2) is 18.2 Å². The number of rotatable bonds is 6. The Labute approximate surface area is 109 Å². The van der Waals surface area contributed by atoms with Crippen LogP contribution in [0.25, 0.3) is 0 Å². The Morgan fingerprint density at radius 3 is 2.88 bits per heavy atom. The van der Waals surface area contributed by atoms with E-state index in [2.05, 4.69) is 0 Å². The molecule has 1 atom stereocenters. The van der Waals surface area contributed by atoms with Crippen LogP contribution in [0.2, 0.25) is 5.02 Å². The second kappa shape index (κ2) is 6.83. The summed E-state index contributed by atoms with van der Waals surface area (Å²) in [5, 5.41) is 20.0. The van der Waals surface area contributed by atoms with Gasteiger partial charge >= 0.3 is 0 Å². The second-order valence-corrected chi connectivity index (χ2v) is 5.27. The van der Waals surface area contributed by atoms with Crippen molar-refractivity contribution in [2.75, 3.05) is 12.4 Å². The SMILES string of the molecule is CC(CO)CSCc1cc([N+](=O)[O-])ccc1Cl. The zero-order valence-corrected chi connectivity index (χ0v) is 11.0. The molecule has 0 aliphatic heterocycles. The number of halogens is 1. The summed E-state index contributed by atoms with van der Waals surface area (Å²) >= 11 is 7.57.